The Morgan fingerprint density at radius 2 is 1.08 bits per heavy atom. The van der Waals surface area contributed by atoms with Gasteiger partial charge in [0.1, 0.15) is 11.5 Å². The molecule has 0 heterocycles. The molecule has 1 aromatic carbocycles. The maximum Gasteiger partial charge on any atom is 0.330 e. The number of ether oxygens (including phenoxy) is 3. The molecule has 0 saturated carbocycles. The molecule has 0 aliphatic heterocycles. The van der Waals surface area contributed by atoms with E-state index in [1.165, 1.54) is 129 Å². The van der Waals surface area contributed by atoms with Crippen LogP contribution in [0, 0.1) is 0 Å². The van der Waals surface area contributed by atoms with Crippen molar-refractivity contribution in [2.75, 3.05) is 20.3 Å². The summed E-state index contributed by atoms with van der Waals surface area (Å²) < 4.78 is 16.9. The van der Waals surface area contributed by atoms with Crippen molar-refractivity contribution in [2.45, 2.75) is 142 Å². The van der Waals surface area contributed by atoms with Gasteiger partial charge in [0.05, 0.1) is 20.3 Å². The van der Waals surface area contributed by atoms with Gasteiger partial charge < -0.3 is 14.2 Å². The number of rotatable bonds is 26. The highest BCUT2D eigenvalue weighted by Gasteiger charge is 2.06. The van der Waals surface area contributed by atoms with Crippen LogP contribution in [0.4, 0.5) is 0 Å². The average Bonchev–Trinajstić information content (AvgIpc) is 2.93. The number of methoxy groups -OCH3 is 1. The molecule has 1 aromatic rings. The van der Waals surface area contributed by atoms with E-state index in [2.05, 4.69) is 13.8 Å². The van der Waals surface area contributed by atoms with Gasteiger partial charge in [-0.3, -0.25) is 0 Å². The Morgan fingerprint density at radius 1 is 0.632 bits per heavy atom. The van der Waals surface area contributed by atoms with Crippen LogP contribution in [0.3, 0.4) is 0 Å². The van der Waals surface area contributed by atoms with Crippen LogP contribution in [0.25, 0.3) is 6.08 Å². The van der Waals surface area contributed by atoms with E-state index in [4.69, 9.17) is 14.2 Å². The standard InChI is InChI=1S/C34H58O4/c1-4-6-8-10-12-14-16-18-20-22-28-37-32-26-24-31(25-27-34(35)36-3)33(30-32)38-29-23-21-19-17-15-13-11-9-7-5-2/h24-27,30H,4-23,28-29H2,1-3H3. The summed E-state index contributed by atoms with van der Waals surface area (Å²) in [6.45, 7) is 5.94. The lowest BCUT2D eigenvalue weighted by Crippen LogP contribution is -2.02. The van der Waals surface area contributed by atoms with Crippen molar-refractivity contribution >= 4 is 12.0 Å². The number of unbranched alkanes of at least 4 members (excludes halogenated alkanes) is 18. The molecule has 38 heavy (non-hydrogen) atoms. The van der Waals surface area contributed by atoms with Crippen LogP contribution in [-0.4, -0.2) is 26.3 Å². The third-order valence-corrected chi connectivity index (χ3v) is 7.11. The summed E-state index contributed by atoms with van der Waals surface area (Å²) in [4.78, 5) is 11.6. The van der Waals surface area contributed by atoms with E-state index in [0.717, 1.165) is 36.5 Å². The average molecular weight is 531 g/mol. The maximum absolute atomic E-state index is 11.6. The predicted octanol–water partition coefficient (Wildman–Crippen LogP) is 10.5. The van der Waals surface area contributed by atoms with Gasteiger partial charge in [0.15, 0.2) is 0 Å². The molecule has 4 heteroatoms. The molecular weight excluding hydrogens is 472 g/mol. The Kier molecular flexibility index (Phi) is 22.7. The van der Waals surface area contributed by atoms with Gasteiger partial charge in [0, 0.05) is 17.7 Å². The molecular formula is C34H58O4. The highest BCUT2D eigenvalue weighted by atomic mass is 16.5. The quantitative estimate of drug-likeness (QED) is 0.0679. The molecule has 0 saturated heterocycles. The number of benzene rings is 1. The van der Waals surface area contributed by atoms with Gasteiger partial charge in [-0.05, 0) is 31.1 Å². The maximum atomic E-state index is 11.6. The zero-order valence-corrected chi connectivity index (χ0v) is 25.1. The molecule has 0 aromatic heterocycles. The highest BCUT2D eigenvalue weighted by molar-refractivity contribution is 5.87. The van der Waals surface area contributed by atoms with E-state index in [1.54, 1.807) is 6.08 Å². The molecule has 0 spiro atoms. The van der Waals surface area contributed by atoms with Gasteiger partial charge in [-0.25, -0.2) is 4.79 Å². The lowest BCUT2D eigenvalue weighted by molar-refractivity contribution is -0.134. The van der Waals surface area contributed by atoms with Crippen molar-refractivity contribution in [3.63, 3.8) is 0 Å². The second-order valence-corrected chi connectivity index (χ2v) is 10.6. The minimum Gasteiger partial charge on any atom is -0.493 e. The predicted molar refractivity (Wildman–Crippen MR) is 162 cm³/mol. The molecule has 0 bridgehead atoms. The molecule has 0 unspecified atom stereocenters. The third kappa shape index (κ3) is 19.2. The lowest BCUT2D eigenvalue weighted by atomic mass is 10.1. The fourth-order valence-corrected chi connectivity index (χ4v) is 4.64. The topological polar surface area (TPSA) is 44.8 Å². The first-order valence-electron chi connectivity index (χ1n) is 15.9. The first-order valence-corrected chi connectivity index (χ1v) is 15.9. The second kappa shape index (κ2) is 25.3. The van der Waals surface area contributed by atoms with Gasteiger partial charge in [0.2, 0.25) is 0 Å². The smallest absolute Gasteiger partial charge is 0.330 e. The summed E-state index contributed by atoms with van der Waals surface area (Å²) in [5, 5.41) is 0. The molecule has 4 nitrogen and oxygen atoms in total. The summed E-state index contributed by atoms with van der Waals surface area (Å²) in [5.41, 5.74) is 0.869. The van der Waals surface area contributed by atoms with Gasteiger partial charge in [-0.2, -0.15) is 0 Å². The molecule has 1 rings (SSSR count). The fourth-order valence-electron chi connectivity index (χ4n) is 4.64. The Morgan fingerprint density at radius 3 is 1.55 bits per heavy atom. The van der Waals surface area contributed by atoms with Crippen molar-refractivity contribution in [1.29, 1.82) is 0 Å². The first kappa shape index (κ1) is 34.1. The number of carbonyl (C=O) groups is 1. The summed E-state index contributed by atoms with van der Waals surface area (Å²) in [6.07, 6.45) is 29.4. The van der Waals surface area contributed by atoms with Crippen LogP contribution < -0.4 is 9.47 Å². The summed E-state index contributed by atoms with van der Waals surface area (Å²) in [6, 6.07) is 5.88. The fraction of sp³-hybridized carbons (Fsp3) is 0.735. The Bertz CT molecular complexity index is 712. The first-order chi connectivity index (χ1) is 18.7. The molecule has 0 atom stereocenters. The number of hydrogen-bond acceptors (Lipinski definition) is 4. The number of hydrogen-bond donors (Lipinski definition) is 0. The summed E-state index contributed by atoms with van der Waals surface area (Å²) in [7, 11) is 1.39. The van der Waals surface area contributed by atoms with Gasteiger partial charge in [0.25, 0.3) is 0 Å². The largest absolute Gasteiger partial charge is 0.493 e. The van der Waals surface area contributed by atoms with Crippen molar-refractivity contribution in [1.82, 2.24) is 0 Å². The Hall–Kier alpha value is -1.97. The van der Waals surface area contributed by atoms with Crippen LogP contribution >= 0.6 is 0 Å². The molecule has 0 amide bonds. The van der Waals surface area contributed by atoms with Gasteiger partial charge >= 0.3 is 5.97 Å². The van der Waals surface area contributed by atoms with Crippen LogP contribution in [0.5, 0.6) is 11.5 Å². The van der Waals surface area contributed by atoms with Crippen LogP contribution in [0.2, 0.25) is 0 Å². The molecule has 0 aliphatic carbocycles. The molecule has 218 valence electrons. The van der Waals surface area contributed by atoms with Crippen molar-refractivity contribution in [3.05, 3.63) is 29.8 Å². The van der Waals surface area contributed by atoms with Gasteiger partial charge in [-0.15, -0.1) is 0 Å². The highest BCUT2D eigenvalue weighted by Crippen LogP contribution is 2.27. The van der Waals surface area contributed by atoms with Crippen LogP contribution in [0.15, 0.2) is 24.3 Å². The normalized spacial score (nSPS) is 11.2. The van der Waals surface area contributed by atoms with Crippen molar-refractivity contribution < 1.29 is 19.0 Å². The summed E-state index contributed by atoms with van der Waals surface area (Å²) in [5.74, 6) is 1.22. The zero-order chi connectivity index (χ0) is 27.5. The SMILES string of the molecule is CCCCCCCCCCCCOc1ccc(C=CC(=O)OC)c(OCCCCCCCCCCCC)c1. The second-order valence-electron chi connectivity index (χ2n) is 10.6. The Balaban J connectivity index is 2.34. The molecule has 0 N–H and O–H groups in total. The lowest BCUT2D eigenvalue weighted by Gasteiger charge is -2.13. The molecule has 0 aliphatic rings. The third-order valence-electron chi connectivity index (χ3n) is 7.11. The van der Waals surface area contributed by atoms with E-state index >= 15 is 0 Å². The zero-order valence-electron chi connectivity index (χ0n) is 25.1. The minimum absolute atomic E-state index is 0.369. The van der Waals surface area contributed by atoms with E-state index in [0.29, 0.717) is 6.61 Å². The van der Waals surface area contributed by atoms with Crippen LogP contribution in [0.1, 0.15) is 148 Å². The van der Waals surface area contributed by atoms with Crippen molar-refractivity contribution in [2.24, 2.45) is 0 Å². The van der Waals surface area contributed by atoms with Gasteiger partial charge in [-0.1, -0.05) is 129 Å². The molecule has 0 fully saturated rings. The minimum atomic E-state index is -0.369. The van der Waals surface area contributed by atoms with Crippen molar-refractivity contribution in [3.8, 4) is 11.5 Å². The number of esters is 1. The monoisotopic (exact) mass is 530 g/mol. The van der Waals surface area contributed by atoms with E-state index in [1.807, 2.05) is 18.2 Å². The summed E-state index contributed by atoms with van der Waals surface area (Å²) >= 11 is 0. The van der Waals surface area contributed by atoms with E-state index in [-0.39, 0.29) is 5.97 Å². The molecule has 0 radical (unpaired) electrons. The van der Waals surface area contributed by atoms with E-state index in [9.17, 15) is 4.79 Å². The van der Waals surface area contributed by atoms with E-state index < -0.39 is 0 Å². The Labute approximate surface area is 234 Å². The number of carbonyl (C=O) groups excluding carboxylic acids is 1. The van der Waals surface area contributed by atoms with Crippen LogP contribution in [-0.2, 0) is 9.53 Å².